The Bertz CT molecular complexity index is 3310. The van der Waals surface area contributed by atoms with E-state index in [0.717, 1.165) is 154 Å². The van der Waals surface area contributed by atoms with Gasteiger partial charge in [0.05, 0.1) is 22.3 Å². The number of carbonyl (C=O) groups is 3. The van der Waals surface area contributed by atoms with Crippen molar-refractivity contribution in [2.24, 2.45) is 17.8 Å². The molecule has 3 aliphatic heterocycles. The van der Waals surface area contributed by atoms with E-state index in [4.69, 9.17) is 68.0 Å². The Morgan fingerprint density at radius 3 is 1.41 bits per heavy atom. The highest BCUT2D eigenvalue weighted by atomic mass is 35.5. The summed E-state index contributed by atoms with van der Waals surface area (Å²) in [4.78, 5) is 50.2. The van der Waals surface area contributed by atoms with E-state index in [9.17, 15) is 19.6 Å². The zero-order chi connectivity index (χ0) is 54.8. The number of hydrogen-bond acceptors (Lipinski definition) is 6. The summed E-state index contributed by atoms with van der Waals surface area (Å²) in [7, 11) is 0. The second-order valence-electron chi connectivity index (χ2n) is 21.2. The van der Waals surface area contributed by atoms with Crippen LogP contribution in [0.3, 0.4) is 0 Å². The van der Waals surface area contributed by atoms with Gasteiger partial charge in [0.2, 0.25) is 23.4 Å². The minimum atomic E-state index is 0.0000693. The topological polar surface area (TPSA) is 114 Å². The lowest BCUT2D eigenvalue weighted by atomic mass is 9.76. The molecule has 3 aromatic heterocycles. The van der Waals surface area contributed by atoms with Crippen LogP contribution in [0.25, 0.3) is 36.5 Å². The second kappa shape index (κ2) is 24.2. The Morgan fingerprint density at radius 2 is 0.923 bits per heavy atom. The van der Waals surface area contributed by atoms with Crippen molar-refractivity contribution in [3.63, 3.8) is 0 Å². The molecule has 15 heteroatoms. The number of piperidine rings is 3. The first kappa shape index (κ1) is 55.3. The zero-order valence-corrected chi connectivity index (χ0v) is 47.6. The van der Waals surface area contributed by atoms with Crippen molar-refractivity contribution >= 4 is 112 Å². The molecule has 3 aromatic carbocycles. The van der Waals surface area contributed by atoms with Crippen molar-refractivity contribution in [3.05, 3.63) is 195 Å². The summed E-state index contributed by atoms with van der Waals surface area (Å²) in [6.07, 6.45) is 21.4. The molecule has 3 saturated heterocycles. The summed E-state index contributed by atoms with van der Waals surface area (Å²) in [5.41, 5.74) is 12.8. The molecule has 402 valence electrons. The molecule has 12 rings (SSSR count). The van der Waals surface area contributed by atoms with Gasteiger partial charge in [0.25, 0.3) is 0 Å². The van der Waals surface area contributed by atoms with Gasteiger partial charge in [0, 0.05) is 110 Å². The maximum Gasteiger partial charge on any atom is 0.219 e. The molecule has 6 aromatic rings. The van der Waals surface area contributed by atoms with Gasteiger partial charge in [0.1, 0.15) is 5.15 Å². The predicted octanol–water partition coefficient (Wildman–Crippen LogP) is 14.4. The Morgan fingerprint density at radius 1 is 0.500 bits per heavy atom. The molecule has 3 fully saturated rings. The number of aromatic nitrogens is 3. The summed E-state index contributed by atoms with van der Waals surface area (Å²) < 4.78 is 1.01. The number of benzene rings is 3. The van der Waals surface area contributed by atoms with Crippen LogP contribution in [0.4, 0.5) is 0 Å². The van der Waals surface area contributed by atoms with Gasteiger partial charge in [-0.05, 0) is 156 Å². The molecule has 0 N–H and O–H groups in total. The molecule has 0 radical (unpaired) electrons. The van der Waals surface area contributed by atoms with E-state index in [1.165, 1.54) is 11.1 Å². The van der Waals surface area contributed by atoms with Gasteiger partial charge in [0.15, 0.2) is 6.20 Å². The molecule has 6 aliphatic rings. The van der Waals surface area contributed by atoms with Crippen molar-refractivity contribution in [3.8, 4) is 0 Å². The van der Waals surface area contributed by atoms with Gasteiger partial charge in [-0.3, -0.25) is 19.4 Å². The van der Waals surface area contributed by atoms with Crippen LogP contribution in [-0.4, -0.2) is 81.7 Å². The minimum absolute atomic E-state index is 0.0000693. The first-order valence-electron chi connectivity index (χ1n) is 26.8. The molecule has 78 heavy (non-hydrogen) atoms. The van der Waals surface area contributed by atoms with E-state index in [1.807, 2.05) is 99.7 Å². The Balaban J connectivity index is 0.000000132. The van der Waals surface area contributed by atoms with E-state index in [1.54, 1.807) is 39.2 Å². The van der Waals surface area contributed by atoms with E-state index in [2.05, 4.69) is 30.4 Å². The largest absolute Gasteiger partial charge is 0.618 e. The predicted molar refractivity (Wildman–Crippen MR) is 315 cm³/mol. The quantitative estimate of drug-likeness (QED) is 0.0991. The Labute approximate surface area is 481 Å². The van der Waals surface area contributed by atoms with Gasteiger partial charge in [-0.15, -0.1) is 0 Å². The monoisotopic (exact) mass is 1140 g/mol. The van der Waals surface area contributed by atoms with Crippen LogP contribution in [0, 0.1) is 23.0 Å². The smallest absolute Gasteiger partial charge is 0.219 e. The van der Waals surface area contributed by atoms with Crippen molar-refractivity contribution in [2.75, 3.05) is 39.3 Å². The number of rotatable bonds is 3. The van der Waals surface area contributed by atoms with Crippen molar-refractivity contribution in [1.29, 1.82) is 0 Å². The van der Waals surface area contributed by atoms with Crippen LogP contribution in [0.1, 0.15) is 144 Å². The number of amides is 3. The molecular weight excluding hydrogens is 1080 g/mol. The van der Waals surface area contributed by atoms with Gasteiger partial charge in [-0.2, -0.15) is 4.73 Å². The number of nitrogens with zero attached hydrogens (tertiary/aromatic N) is 6. The summed E-state index contributed by atoms with van der Waals surface area (Å²) in [6, 6.07) is 27.5. The maximum atomic E-state index is 12.7. The highest BCUT2D eigenvalue weighted by Gasteiger charge is 2.39. The zero-order valence-electron chi connectivity index (χ0n) is 43.9. The van der Waals surface area contributed by atoms with Crippen LogP contribution in [-0.2, 0) is 14.4 Å². The van der Waals surface area contributed by atoms with E-state index in [-0.39, 0.29) is 35.5 Å². The number of carbonyl (C=O) groups excluding carboxylic acids is 3. The lowest BCUT2D eigenvalue weighted by Crippen LogP contribution is -2.42. The Hall–Kier alpha value is -6.01. The van der Waals surface area contributed by atoms with Crippen LogP contribution < -0.4 is 4.73 Å². The van der Waals surface area contributed by atoms with Gasteiger partial charge in [-0.25, -0.2) is 4.98 Å². The number of hydrogen-bond donors (Lipinski definition) is 0. The third-order valence-electron chi connectivity index (χ3n) is 16.6. The van der Waals surface area contributed by atoms with E-state index >= 15 is 0 Å². The average molecular weight is 1140 g/mol. The lowest BCUT2D eigenvalue weighted by molar-refractivity contribution is -0.615. The number of pyridine rings is 3. The molecule has 0 saturated carbocycles. The number of halogens is 5. The summed E-state index contributed by atoms with van der Waals surface area (Å²) in [5, 5.41) is 16.1. The molecule has 6 heterocycles. The number of fused-ring (bicyclic) bond motifs is 6. The first-order chi connectivity index (χ1) is 37.6. The third kappa shape index (κ3) is 11.9. The van der Waals surface area contributed by atoms with Gasteiger partial charge < -0.3 is 19.9 Å². The van der Waals surface area contributed by atoms with Crippen LogP contribution >= 0.6 is 58.0 Å². The first-order valence-corrected chi connectivity index (χ1v) is 28.7. The second-order valence-corrected chi connectivity index (χ2v) is 23.3. The summed E-state index contributed by atoms with van der Waals surface area (Å²) >= 11 is 31.4. The van der Waals surface area contributed by atoms with Gasteiger partial charge in [-0.1, -0.05) is 113 Å². The molecule has 0 bridgehead atoms. The maximum absolute atomic E-state index is 12.7. The standard InChI is InChI=1S/2C21H20Cl2N2O.C21H21ClN2O2/c1-13(26)25-10-7-14(8-11-25)20-17-5-3-16(22)12-15(17)2-4-18-19(23)6-9-24-21(18)20;1-13(26)25-10-8-14(9-11-25)20-18-6-5-17(22)12-16(18)3-2-15-4-7-19(23)24-21(15)20;1-14(25)23-11-8-15(9-12-23)20-19-7-6-18(22)13-17(19)5-4-16-3-2-10-24(26)21(16)20/h2-6,9,12,14,20H,7-8,10-11H2,1H3;2-7,12,14,20H,8-11H2,1H3;2-7,10,13,15,20H,8-9,11-12H2,1H3. The van der Waals surface area contributed by atoms with Crippen LogP contribution in [0.2, 0.25) is 25.2 Å². The molecule has 3 aliphatic carbocycles. The fraction of sp³-hybridized carbons (Fsp3) is 0.333. The fourth-order valence-corrected chi connectivity index (χ4v) is 13.6. The normalized spacial score (nSPS) is 19.6. The molecule has 3 atom stereocenters. The molecule has 10 nitrogen and oxygen atoms in total. The van der Waals surface area contributed by atoms with Crippen LogP contribution in [0.15, 0.2) is 97.3 Å². The van der Waals surface area contributed by atoms with Crippen molar-refractivity contribution in [1.82, 2.24) is 24.7 Å². The fourth-order valence-electron chi connectivity index (χ4n) is 12.7. The highest BCUT2D eigenvalue weighted by Crippen LogP contribution is 2.47. The summed E-state index contributed by atoms with van der Waals surface area (Å²) in [5.74, 6) is 1.87. The minimum Gasteiger partial charge on any atom is -0.618 e. The van der Waals surface area contributed by atoms with Crippen molar-refractivity contribution in [2.45, 2.75) is 77.0 Å². The van der Waals surface area contributed by atoms with Gasteiger partial charge >= 0.3 is 0 Å². The molecular formula is C63H61Cl5N6O4. The summed E-state index contributed by atoms with van der Waals surface area (Å²) in [6.45, 7) is 9.57. The highest BCUT2D eigenvalue weighted by molar-refractivity contribution is 6.32. The lowest BCUT2D eigenvalue weighted by Gasteiger charge is -2.36. The van der Waals surface area contributed by atoms with Crippen LogP contribution in [0.5, 0.6) is 0 Å². The number of likely N-dealkylation sites (tertiary alicyclic amines) is 3. The van der Waals surface area contributed by atoms with E-state index < -0.39 is 0 Å². The molecule has 3 amide bonds. The average Bonchev–Trinajstić information content (AvgIpc) is 3.83. The third-order valence-corrected chi connectivity index (χ3v) is 17.9. The molecule has 3 unspecified atom stereocenters. The Kier molecular flexibility index (Phi) is 17.1. The molecule has 0 spiro atoms. The van der Waals surface area contributed by atoms with Crippen molar-refractivity contribution < 1.29 is 19.1 Å². The SMILES string of the molecule is CC(=O)N1CCC(C2c3ccc(Cl)cc3C=Cc3c(Cl)ccnc32)CC1.CC(=O)N1CCC(C2c3ccc(Cl)cc3C=Cc3ccc(Cl)nc32)CC1.CC(=O)N1CCC(C2c3ccc(Cl)cc3C=Cc3ccc[n+]([O-])c32)CC1. The van der Waals surface area contributed by atoms with E-state index in [0.29, 0.717) is 27.9 Å².